The van der Waals surface area contributed by atoms with E-state index in [0.29, 0.717) is 24.4 Å². The highest BCUT2D eigenvalue weighted by molar-refractivity contribution is 5.40. The molecule has 7 heteroatoms. The molecule has 0 spiro atoms. The van der Waals surface area contributed by atoms with E-state index in [-0.39, 0.29) is 5.75 Å². The van der Waals surface area contributed by atoms with Gasteiger partial charge in [0.05, 0.1) is 12.3 Å². The SMILES string of the molecule is FC(F)(F)Oc1ccccc1[C@@H](c1ccco1)N1CCNCC1. The Hall–Kier alpha value is -1.99. The Morgan fingerprint density at radius 2 is 1.83 bits per heavy atom. The molecule has 4 nitrogen and oxygen atoms in total. The first-order valence-electron chi connectivity index (χ1n) is 7.37. The predicted octanol–water partition coefficient (Wildman–Crippen LogP) is 3.17. The Kier molecular flexibility index (Phi) is 4.58. The van der Waals surface area contributed by atoms with Gasteiger partial charge in [0.2, 0.25) is 0 Å². The van der Waals surface area contributed by atoms with Crippen LogP contribution in [-0.4, -0.2) is 37.4 Å². The largest absolute Gasteiger partial charge is 0.573 e. The second kappa shape index (κ2) is 6.64. The van der Waals surface area contributed by atoms with Gasteiger partial charge in [-0.15, -0.1) is 13.2 Å². The Morgan fingerprint density at radius 3 is 2.48 bits per heavy atom. The fourth-order valence-electron chi connectivity index (χ4n) is 2.84. The Bertz CT molecular complexity index is 623. The number of hydrogen-bond donors (Lipinski definition) is 1. The molecule has 0 saturated carbocycles. The molecule has 1 N–H and O–H groups in total. The maximum absolute atomic E-state index is 12.7. The maximum Gasteiger partial charge on any atom is 0.573 e. The number of para-hydroxylation sites is 1. The lowest BCUT2D eigenvalue weighted by atomic mass is 10.0. The average Bonchev–Trinajstić information content (AvgIpc) is 3.03. The van der Waals surface area contributed by atoms with Crippen molar-refractivity contribution in [1.29, 1.82) is 0 Å². The number of nitrogens with zero attached hydrogens (tertiary/aromatic N) is 1. The van der Waals surface area contributed by atoms with Crippen LogP contribution in [0.4, 0.5) is 13.2 Å². The Labute approximate surface area is 131 Å². The molecule has 0 amide bonds. The molecule has 2 heterocycles. The number of ether oxygens (including phenoxy) is 1. The van der Waals surface area contributed by atoms with Crippen molar-refractivity contribution in [3.63, 3.8) is 0 Å². The predicted molar refractivity (Wildman–Crippen MR) is 78.1 cm³/mol. The lowest BCUT2D eigenvalue weighted by Crippen LogP contribution is -2.45. The molecule has 1 atom stereocenters. The van der Waals surface area contributed by atoms with Gasteiger partial charge in [0.1, 0.15) is 11.5 Å². The molecule has 1 saturated heterocycles. The highest BCUT2D eigenvalue weighted by atomic mass is 19.4. The number of hydrogen-bond acceptors (Lipinski definition) is 4. The number of piperazine rings is 1. The van der Waals surface area contributed by atoms with Gasteiger partial charge in [-0.2, -0.15) is 0 Å². The molecule has 1 aromatic carbocycles. The van der Waals surface area contributed by atoms with Crippen LogP contribution in [0.15, 0.2) is 47.1 Å². The number of nitrogens with one attached hydrogen (secondary N) is 1. The van der Waals surface area contributed by atoms with Crippen molar-refractivity contribution >= 4 is 0 Å². The summed E-state index contributed by atoms with van der Waals surface area (Å²) in [4.78, 5) is 2.09. The van der Waals surface area contributed by atoms with Crippen molar-refractivity contribution < 1.29 is 22.3 Å². The second-order valence-corrected chi connectivity index (χ2v) is 5.29. The van der Waals surface area contributed by atoms with E-state index in [2.05, 4.69) is 15.0 Å². The lowest BCUT2D eigenvalue weighted by Gasteiger charge is -2.34. The molecular formula is C16H17F3N2O2. The van der Waals surface area contributed by atoms with Crippen LogP contribution in [0.25, 0.3) is 0 Å². The first-order valence-corrected chi connectivity index (χ1v) is 7.37. The molecule has 2 aromatic rings. The molecule has 0 aliphatic carbocycles. The summed E-state index contributed by atoms with van der Waals surface area (Å²) in [6, 6.07) is 9.32. The molecule has 0 unspecified atom stereocenters. The zero-order valence-electron chi connectivity index (χ0n) is 12.3. The molecular weight excluding hydrogens is 309 g/mol. The van der Waals surface area contributed by atoms with Gasteiger partial charge in [-0.1, -0.05) is 18.2 Å². The first kappa shape index (κ1) is 15.9. The smallest absolute Gasteiger partial charge is 0.467 e. The molecule has 124 valence electrons. The van der Waals surface area contributed by atoms with Gasteiger partial charge in [0.25, 0.3) is 0 Å². The number of rotatable bonds is 4. The zero-order valence-corrected chi connectivity index (χ0v) is 12.3. The third-order valence-electron chi connectivity index (χ3n) is 3.77. The quantitative estimate of drug-likeness (QED) is 0.936. The van der Waals surface area contributed by atoms with Crippen LogP contribution in [0, 0.1) is 0 Å². The minimum absolute atomic E-state index is 0.195. The summed E-state index contributed by atoms with van der Waals surface area (Å²) in [6.07, 6.45) is -3.20. The van der Waals surface area contributed by atoms with Crippen molar-refractivity contribution in [1.82, 2.24) is 10.2 Å². The van der Waals surface area contributed by atoms with Crippen LogP contribution < -0.4 is 10.1 Å². The van der Waals surface area contributed by atoms with Gasteiger partial charge < -0.3 is 14.5 Å². The molecule has 1 aliphatic rings. The Morgan fingerprint density at radius 1 is 1.09 bits per heavy atom. The Balaban J connectivity index is 2.00. The molecule has 1 aromatic heterocycles. The second-order valence-electron chi connectivity index (χ2n) is 5.29. The van der Waals surface area contributed by atoms with Gasteiger partial charge in [0.15, 0.2) is 0 Å². The topological polar surface area (TPSA) is 37.6 Å². The van der Waals surface area contributed by atoms with Crippen LogP contribution >= 0.6 is 0 Å². The van der Waals surface area contributed by atoms with E-state index in [9.17, 15) is 13.2 Å². The fraction of sp³-hybridized carbons (Fsp3) is 0.375. The zero-order chi connectivity index (χ0) is 16.3. The van der Waals surface area contributed by atoms with E-state index < -0.39 is 12.4 Å². The fourth-order valence-corrected chi connectivity index (χ4v) is 2.84. The third kappa shape index (κ3) is 3.86. The van der Waals surface area contributed by atoms with Crippen molar-refractivity contribution in [3.05, 3.63) is 54.0 Å². The van der Waals surface area contributed by atoms with E-state index in [0.717, 1.165) is 13.1 Å². The molecule has 0 radical (unpaired) electrons. The van der Waals surface area contributed by atoms with Gasteiger partial charge in [-0.3, -0.25) is 4.90 Å². The molecule has 0 bridgehead atoms. The maximum atomic E-state index is 12.7. The van der Waals surface area contributed by atoms with Crippen molar-refractivity contribution in [2.45, 2.75) is 12.4 Å². The monoisotopic (exact) mass is 326 g/mol. The van der Waals surface area contributed by atoms with Gasteiger partial charge in [0, 0.05) is 31.7 Å². The van der Waals surface area contributed by atoms with E-state index in [1.54, 1.807) is 24.3 Å². The number of benzene rings is 1. The minimum atomic E-state index is -4.73. The van der Waals surface area contributed by atoms with E-state index in [1.807, 2.05) is 0 Å². The van der Waals surface area contributed by atoms with Crippen LogP contribution in [0.3, 0.4) is 0 Å². The van der Waals surface area contributed by atoms with E-state index >= 15 is 0 Å². The van der Waals surface area contributed by atoms with Gasteiger partial charge >= 0.3 is 6.36 Å². The van der Waals surface area contributed by atoms with Crippen molar-refractivity contribution in [3.8, 4) is 5.75 Å². The number of furan rings is 1. The van der Waals surface area contributed by atoms with E-state index in [4.69, 9.17) is 4.42 Å². The molecule has 1 fully saturated rings. The van der Waals surface area contributed by atoms with Crippen LogP contribution in [0.2, 0.25) is 0 Å². The molecule has 3 rings (SSSR count). The lowest BCUT2D eigenvalue weighted by molar-refractivity contribution is -0.275. The summed E-state index contributed by atoms with van der Waals surface area (Å²) in [5.41, 5.74) is 0.446. The first-order chi connectivity index (χ1) is 11.0. The highest BCUT2D eigenvalue weighted by Crippen LogP contribution is 2.37. The summed E-state index contributed by atoms with van der Waals surface area (Å²) in [5, 5.41) is 3.24. The average molecular weight is 326 g/mol. The molecule has 1 aliphatic heterocycles. The third-order valence-corrected chi connectivity index (χ3v) is 3.77. The summed E-state index contributed by atoms with van der Waals surface area (Å²) in [7, 11) is 0. The normalized spacial score (nSPS) is 17.9. The summed E-state index contributed by atoms with van der Waals surface area (Å²) < 4.78 is 47.8. The van der Waals surface area contributed by atoms with Gasteiger partial charge in [-0.25, -0.2) is 0 Å². The number of halogens is 3. The van der Waals surface area contributed by atoms with Crippen molar-refractivity contribution in [2.75, 3.05) is 26.2 Å². The summed E-state index contributed by atoms with van der Waals surface area (Å²) in [6.45, 7) is 2.98. The van der Waals surface area contributed by atoms with Crippen LogP contribution in [-0.2, 0) is 0 Å². The standard InChI is InChI=1S/C16H17F3N2O2/c17-16(18,19)23-13-5-2-1-4-12(13)15(14-6-3-11-22-14)21-9-7-20-8-10-21/h1-6,11,15,20H,7-10H2/t15-/m0/s1. The van der Waals surface area contributed by atoms with Crippen molar-refractivity contribution in [2.24, 2.45) is 0 Å². The summed E-state index contributed by atoms with van der Waals surface area (Å²) in [5.74, 6) is 0.407. The summed E-state index contributed by atoms with van der Waals surface area (Å²) >= 11 is 0. The minimum Gasteiger partial charge on any atom is -0.467 e. The molecule has 23 heavy (non-hydrogen) atoms. The van der Waals surface area contributed by atoms with E-state index in [1.165, 1.54) is 18.4 Å². The van der Waals surface area contributed by atoms with Crippen LogP contribution in [0.1, 0.15) is 17.4 Å². The van der Waals surface area contributed by atoms with Crippen LogP contribution in [0.5, 0.6) is 5.75 Å². The van der Waals surface area contributed by atoms with Gasteiger partial charge in [-0.05, 0) is 18.2 Å². The number of alkyl halides is 3. The highest BCUT2D eigenvalue weighted by Gasteiger charge is 2.35.